The summed E-state index contributed by atoms with van der Waals surface area (Å²) in [7, 11) is 0. The Morgan fingerprint density at radius 2 is 2.06 bits per heavy atom. The Bertz CT molecular complexity index is 368. The number of hydrogen-bond donors (Lipinski definition) is 0. The second-order valence-electron chi connectivity index (χ2n) is 4.83. The number of rotatable bonds is 7. The van der Waals surface area contributed by atoms with E-state index in [9.17, 15) is 4.39 Å². The predicted molar refractivity (Wildman–Crippen MR) is 79.2 cm³/mol. The summed E-state index contributed by atoms with van der Waals surface area (Å²) >= 11 is 3.25. The predicted octanol–water partition coefficient (Wildman–Crippen LogP) is 4.99. The summed E-state index contributed by atoms with van der Waals surface area (Å²) in [6.07, 6.45) is 3.57. The minimum Gasteiger partial charge on any atom is -0.296 e. The largest absolute Gasteiger partial charge is 0.296 e. The third kappa shape index (κ3) is 4.69. The standard InChI is InChI=1S/C15H23BrFN/c1-4-6-9-18(12(3)5-2)11-13-7-8-15(17)14(16)10-13/h7-8,10,12H,4-6,9,11H2,1-3H3. The maximum Gasteiger partial charge on any atom is 0.137 e. The van der Waals surface area contributed by atoms with Crippen LogP contribution in [-0.4, -0.2) is 17.5 Å². The normalized spacial score (nSPS) is 13.0. The van der Waals surface area contributed by atoms with Gasteiger partial charge in [-0.1, -0.05) is 26.3 Å². The lowest BCUT2D eigenvalue weighted by Gasteiger charge is -2.28. The number of unbranched alkanes of at least 4 members (excludes halogenated alkanes) is 1. The van der Waals surface area contributed by atoms with Crippen molar-refractivity contribution in [2.45, 2.75) is 52.6 Å². The zero-order chi connectivity index (χ0) is 13.5. The number of hydrogen-bond acceptors (Lipinski definition) is 1. The molecule has 1 atom stereocenters. The minimum atomic E-state index is -0.192. The molecule has 1 unspecified atom stereocenters. The third-order valence-electron chi connectivity index (χ3n) is 3.38. The summed E-state index contributed by atoms with van der Waals surface area (Å²) in [5.41, 5.74) is 1.17. The lowest BCUT2D eigenvalue weighted by atomic mass is 10.1. The van der Waals surface area contributed by atoms with Crippen molar-refractivity contribution in [2.75, 3.05) is 6.54 Å². The fourth-order valence-electron chi connectivity index (χ4n) is 1.95. The Morgan fingerprint density at radius 1 is 1.33 bits per heavy atom. The van der Waals surface area contributed by atoms with E-state index in [2.05, 4.69) is 41.6 Å². The van der Waals surface area contributed by atoms with Crippen LogP contribution in [0.5, 0.6) is 0 Å². The van der Waals surface area contributed by atoms with Gasteiger partial charge >= 0.3 is 0 Å². The van der Waals surface area contributed by atoms with Crippen molar-refractivity contribution in [2.24, 2.45) is 0 Å². The molecule has 0 spiro atoms. The molecule has 0 aromatic heterocycles. The van der Waals surface area contributed by atoms with Crippen LogP contribution in [0.4, 0.5) is 4.39 Å². The Hall–Kier alpha value is -0.410. The maximum absolute atomic E-state index is 13.2. The first kappa shape index (κ1) is 15.6. The highest BCUT2D eigenvalue weighted by molar-refractivity contribution is 9.10. The summed E-state index contributed by atoms with van der Waals surface area (Å²) in [6, 6.07) is 5.87. The van der Waals surface area contributed by atoms with E-state index < -0.39 is 0 Å². The Balaban J connectivity index is 2.71. The number of benzene rings is 1. The molecule has 0 saturated carbocycles. The molecular formula is C15H23BrFN. The summed E-state index contributed by atoms with van der Waals surface area (Å²) in [5.74, 6) is -0.192. The van der Waals surface area contributed by atoms with Crippen LogP contribution in [0.25, 0.3) is 0 Å². The molecule has 0 aliphatic heterocycles. The van der Waals surface area contributed by atoms with Crippen molar-refractivity contribution in [3.63, 3.8) is 0 Å². The van der Waals surface area contributed by atoms with Gasteiger partial charge in [0.15, 0.2) is 0 Å². The summed E-state index contributed by atoms with van der Waals surface area (Å²) in [4.78, 5) is 2.48. The molecular weight excluding hydrogens is 293 g/mol. The first-order valence-corrected chi connectivity index (χ1v) is 7.55. The number of halogens is 2. The molecule has 0 fully saturated rings. The van der Waals surface area contributed by atoms with Gasteiger partial charge in [0.1, 0.15) is 5.82 Å². The van der Waals surface area contributed by atoms with Gasteiger partial charge in [-0.05, 0) is 59.9 Å². The van der Waals surface area contributed by atoms with Crippen LogP contribution in [0.15, 0.2) is 22.7 Å². The van der Waals surface area contributed by atoms with Gasteiger partial charge in [0.25, 0.3) is 0 Å². The molecule has 3 heteroatoms. The van der Waals surface area contributed by atoms with Gasteiger partial charge in [0.05, 0.1) is 4.47 Å². The molecule has 0 heterocycles. The smallest absolute Gasteiger partial charge is 0.137 e. The van der Waals surface area contributed by atoms with Gasteiger partial charge in [0, 0.05) is 12.6 Å². The second kappa shape index (κ2) is 7.90. The SMILES string of the molecule is CCCCN(Cc1ccc(F)c(Br)c1)C(C)CC. The first-order valence-electron chi connectivity index (χ1n) is 6.76. The zero-order valence-corrected chi connectivity index (χ0v) is 13.1. The molecule has 1 rings (SSSR count). The van der Waals surface area contributed by atoms with E-state index in [4.69, 9.17) is 0 Å². The molecule has 0 bridgehead atoms. The van der Waals surface area contributed by atoms with Crippen molar-refractivity contribution in [1.82, 2.24) is 4.90 Å². The van der Waals surface area contributed by atoms with Crippen LogP contribution in [0, 0.1) is 5.82 Å². The van der Waals surface area contributed by atoms with Gasteiger partial charge in [-0.3, -0.25) is 4.90 Å². The molecule has 1 nitrogen and oxygen atoms in total. The molecule has 102 valence electrons. The van der Waals surface area contributed by atoms with E-state index in [1.807, 2.05) is 12.1 Å². The van der Waals surface area contributed by atoms with Crippen molar-refractivity contribution in [3.05, 3.63) is 34.1 Å². The topological polar surface area (TPSA) is 3.24 Å². The van der Waals surface area contributed by atoms with Crippen LogP contribution >= 0.6 is 15.9 Å². The highest BCUT2D eigenvalue weighted by atomic mass is 79.9. The molecule has 0 amide bonds. The minimum absolute atomic E-state index is 0.192. The second-order valence-corrected chi connectivity index (χ2v) is 5.68. The average Bonchev–Trinajstić information content (AvgIpc) is 2.37. The van der Waals surface area contributed by atoms with E-state index >= 15 is 0 Å². The van der Waals surface area contributed by atoms with Crippen molar-refractivity contribution in [3.8, 4) is 0 Å². The lowest BCUT2D eigenvalue weighted by Crippen LogP contribution is -2.33. The van der Waals surface area contributed by atoms with Crippen molar-refractivity contribution >= 4 is 15.9 Å². The van der Waals surface area contributed by atoms with Gasteiger partial charge in [-0.2, -0.15) is 0 Å². The molecule has 0 radical (unpaired) electrons. The van der Waals surface area contributed by atoms with Gasteiger partial charge in [-0.15, -0.1) is 0 Å². The Labute approximate surface area is 119 Å². The van der Waals surface area contributed by atoms with Gasteiger partial charge in [0.2, 0.25) is 0 Å². The van der Waals surface area contributed by atoms with E-state index in [0.29, 0.717) is 10.5 Å². The zero-order valence-electron chi connectivity index (χ0n) is 11.5. The fraction of sp³-hybridized carbons (Fsp3) is 0.600. The average molecular weight is 316 g/mol. The quantitative estimate of drug-likeness (QED) is 0.685. The molecule has 1 aromatic carbocycles. The molecule has 0 N–H and O–H groups in total. The monoisotopic (exact) mass is 315 g/mol. The highest BCUT2D eigenvalue weighted by Gasteiger charge is 2.12. The molecule has 0 aliphatic rings. The molecule has 18 heavy (non-hydrogen) atoms. The van der Waals surface area contributed by atoms with Gasteiger partial charge < -0.3 is 0 Å². The third-order valence-corrected chi connectivity index (χ3v) is 3.99. The fourth-order valence-corrected chi connectivity index (χ4v) is 2.37. The van der Waals surface area contributed by atoms with E-state index in [1.54, 1.807) is 0 Å². The van der Waals surface area contributed by atoms with Crippen LogP contribution < -0.4 is 0 Å². The van der Waals surface area contributed by atoms with E-state index in [0.717, 1.165) is 19.5 Å². The molecule has 1 aromatic rings. The maximum atomic E-state index is 13.2. The van der Waals surface area contributed by atoms with Crippen LogP contribution in [0.3, 0.4) is 0 Å². The van der Waals surface area contributed by atoms with Crippen molar-refractivity contribution < 1.29 is 4.39 Å². The Morgan fingerprint density at radius 3 is 2.61 bits per heavy atom. The molecule has 0 aliphatic carbocycles. The van der Waals surface area contributed by atoms with E-state index in [-0.39, 0.29) is 5.82 Å². The summed E-state index contributed by atoms with van der Waals surface area (Å²) < 4.78 is 13.8. The van der Waals surface area contributed by atoms with Crippen LogP contribution in [0.2, 0.25) is 0 Å². The summed E-state index contributed by atoms with van der Waals surface area (Å²) in [5, 5.41) is 0. The van der Waals surface area contributed by atoms with E-state index in [1.165, 1.54) is 24.5 Å². The lowest BCUT2D eigenvalue weighted by molar-refractivity contribution is 0.192. The van der Waals surface area contributed by atoms with Crippen LogP contribution in [-0.2, 0) is 6.54 Å². The first-order chi connectivity index (χ1) is 8.58. The van der Waals surface area contributed by atoms with Crippen molar-refractivity contribution in [1.29, 1.82) is 0 Å². The molecule has 0 saturated heterocycles. The Kier molecular flexibility index (Phi) is 6.87. The number of nitrogens with zero attached hydrogens (tertiary/aromatic N) is 1. The van der Waals surface area contributed by atoms with Crippen LogP contribution in [0.1, 0.15) is 45.6 Å². The van der Waals surface area contributed by atoms with Gasteiger partial charge in [-0.25, -0.2) is 4.39 Å². The highest BCUT2D eigenvalue weighted by Crippen LogP contribution is 2.19. The summed E-state index contributed by atoms with van der Waals surface area (Å²) in [6.45, 7) is 8.69.